The smallest absolute Gasteiger partial charge is 0.00484 e. The third-order valence-corrected chi connectivity index (χ3v) is 3.87. The zero-order valence-corrected chi connectivity index (χ0v) is 23.8. The van der Waals surface area contributed by atoms with Crippen LogP contribution >= 0.6 is 67.9 Å². The van der Waals surface area contributed by atoms with Crippen LogP contribution in [0, 0.1) is 0 Å². The van der Waals surface area contributed by atoms with Crippen LogP contribution in [0.15, 0.2) is 0 Å². The zero-order chi connectivity index (χ0) is 16.1. The maximum atomic E-state index is 3.55. The summed E-state index contributed by atoms with van der Waals surface area (Å²) in [6.45, 7) is 13.6. The minimum Gasteiger partial charge on any atom is -0.317 e. The molecular formula is C18H46Br4N4. The molecule has 0 aliphatic carbocycles. The van der Waals surface area contributed by atoms with Gasteiger partial charge in [-0.2, -0.15) is 0 Å². The molecule has 0 saturated carbocycles. The van der Waals surface area contributed by atoms with Crippen molar-refractivity contribution in [1.82, 2.24) is 21.3 Å². The predicted molar refractivity (Wildman–Crippen MR) is 141 cm³/mol. The molecule has 0 unspecified atom stereocenters. The van der Waals surface area contributed by atoms with Gasteiger partial charge >= 0.3 is 0 Å². The summed E-state index contributed by atoms with van der Waals surface area (Å²) in [5.41, 5.74) is 0. The second kappa shape index (κ2) is 37.5. The minimum atomic E-state index is 0. The van der Waals surface area contributed by atoms with E-state index in [0.717, 1.165) is 13.1 Å². The fourth-order valence-corrected chi connectivity index (χ4v) is 2.46. The monoisotopic (exact) mass is 634 g/mol. The molecule has 0 aliphatic rings. The molecule has 0 saturated heterocycles. The van der Waals surface area contributed by atoms with Crippen molar-refractivity contribution in [2.75, 3.05) is 52.4 Å². The van der Waals surface area contributed by atoms with E-state index in [-0.39, 0.29) is 67.9 Å². The average Bonchev–Trinajstić information content (AvgIpc) is 2.54. The normalized spacial score (nSPS) is 9.46. The van der Waals surface area contributed by atoms with Crippen LogP contribution in [-0.2, 0) is 0 Å². The largest absolute Gasteiger partial charge is 0.317 e. The van der Waals surface area contributed by atoms with E-state index in [4.69, 9.17) is 0 Å². The Bertz CT molecular complexity index is 184. The van der Waals surface area contributed by atoms with Crippen LogP contribution in [0.5, 0.6) is 0 Å². The van der Waals surface area contributed by atoms with E-state index >= 15 is 0 Å². The van der Waals surface area contributed by atoms with Gasteiger partial charge in [0.1, 0.15) is 0 Å². The van der Waals surface area contributed by atoms with E-state index in [9.17, 15) is 0 Å². The van der Waals surface area contributed by atoms with Crippen molar-refractivity contribution < 1.29 is 0 Å². The molecule has 0 fully saturated rings. The van der Waals surface area contributed by atoms with E-state index in [2.05, 4.69) is 35.1 Å². The maximum absolute atomic E-state index is 3.55. The Balaban J connectivity index is -0.000000367. The predicted octanol–water partition coefficient (Wildman–Crippen LogP) is 4.82. The molecule has 0 atom stereocenters. The molecule has 4 N–H and O–H groups in total. The van der Waals surface area contributed by atoms with Crippen molar-refractivity contribution in [3.63, 3.8) is 0 Å². The number of nitrogens with one attached hydrogen (secondary N) is 4. The van der Waals surface area contributed by atoms with Gasteiger partial charge in [0, 0.05) is 0 Å². The van der Waals surface area contributed by atoms with Gasteiger partial charge in [-0.3, -0.25) is 0 Å². The van der Waals surface area contributed by atoms with Crippen LogP contribution < -0.4 is 21.3 Å². The highest BCUT2D eigenvalue weighted by atomic mass is 79.9. The first-order valence-corrected chi connectivity index (χ1v) is 9.74. The Kier molecular flexibility index (Phi) is 55.4. The summed E-state index contributed by atoms with van der Waals surface area (Å²) >= 11 is 0. The lowest BCUT2D eigenvalue weighted by Crippen LogP contribution is -2.20. The summed E-state index contributed by atoms with van der Waals surface area (Å²) in [6.07, 6.45) is 10.6. The summed E-state index contributed by atoms with van der Waals surface area (Å²) in [6, 6.07) is 0. The van der Waals surface area contributed by atoms with Gasteiger partial charge in [0.2, 0.25) is 0 Å². The van der Waals surface area contributed by atoms with Crippen molar-refractivity contribution in [2.45, 2.75) is 65.2 Å². The number of hydrogen-bond donors (Lipinski definition) is 4. The summed E-state index contributed by atoms with van der Waals surface area (Å²) < 4.78 is 0. The molecule has 0 bridgehead atoms. The summed E-state index contributed by atoms with van der Waals surface area (Å²) in [5.74, 6) is 0. The number of hydrogen-bond acceptors (Lipinski definition) is 4. The molecule has 4 nitrogen and oxygen atoms in total. The Hall–Kier alpha value is 1.76. The highest BCUT2D eigenvalue weighted by Crippen LogP contribution is 1.98. The first-order valence-electron chi connectivity index (χ1n) is 9.74. The van der Waals surface area contributed by atoms with Gasteiger partial charge in [-0.1, -0.05) is 26.7 Å². The second-order valence-corrected chi connectivity index (χ2v) is 6.04. The van der Waals surface area contributed by atoms with Gasteiger partial charge in [-0.15, -0.1) is 67.9 Å². The molecule has 0 aromatic carbocycles. The molecule has 0 aromatic rings. The lowest BCUT2D eigenvalue weighted by atomic mass is 10.2. The van der Waals surface area contributed by atoms with Crippen molar-refractivity contribution in [3.05, 3.63) is 0 Å². The highest BCUT2D eigenvalue weighted by molar-refractivity contribution is 8.93. The fourth-order valence-electron chi connectivity index (χ4n) is 2.46. The lowest BCUT2D eigenvalue weighted by Gasteiger charge is -2.06. The summed E-state index contributed by atoms with van der Waals surface area (Å²) in [4.78, 5) is 0. The molecule has 0 aliphatic heterocycles. The van der Waals surface area contributed by atoms with E-state index < -0.39 is 0 Å². The number of halogens is 4. The first kappa shape index (κ1) is 38.4. The van der Waals surface area contributed by atoms with E-state index in [0.29, 0.717) is 0 Å². The number of unbranched alkanes of at least 4 members (excludes halogenated alkanes) is 5. The molecule has 0 amide bonds. The Labute approximate surface area is 205 Å². The standard InChI is InChI=1S/C18H42N4.4BrH/c1-3-19-13-9-11-17-21-15-7-5-6-8-16-22-18-12-10-14-20-4-2;;;;/h19-22H,3-18H2,1-2H3;4*1H. The maximum Gasteiger partial charge on any atom is -0.00484 e. The Morgan fingerprint density at radius 2 is 0.577 bits per heavy atom. The van der Waals surface area contributed by atoms with E-state index in [1.807, 2.05) is 0 Å². The van der Waals surface area contributed by atoms with Crippen LogP contribution in [0.25, 0.3) is 0 Å². The fraction of sp³-hybridized carbons (Fsp3) is 1.00. The summed E-state index contributed by atoms with van der Waals surface area (Å²) in [7, 11) is 0. The van der Waals surface area contributed by atoms with Gasteiger partial charge in [0.15, 0.2) is 0 Å². The lowest BCUT2D eigenvalue weighted by molar-refractivity contribution is 0.538. The highest BCUT2D eigenvalue weighted by Gasteiger charge is 1.93. The van der Waals surface area contributed by atoms with Gasteiger partial charge in [-0.05, 0) is 90.9 Å². The van der Waals surface area contributed by atoms with Gasteiger partial charge in [-0.25, -0.2) is 0 Å². The van der Waals surface area contributed by atoms with Crippen molar-refractivity contribution >= 4 is 67.9 Å². The SMILES string of the molecule is Br.Br.Br.Br.CCNCCCCNCCCCCCNCCCCNCC. The van der Waals surface area contributed by atoms with Crippen LogP contribution in [0.2, 0.25) is 0 Å². The Morgan fingerprint density at radius 3 is 0.846 bits per heavy atom. The zero-order valence-electron chi connectivity index (χ0n) is 16.9. The second-order valence-electron chi connectivity index (χ2n) is 6.04. The molecule has 0 rings (SSSR count). The van der Waals surface area contributed by atoms with E-state index in [1.165, 1.54) is 90.6 Å². The molecule has 0 spiro atoms. The average molecular weight is 638 g/mol. The molecule has 8 heteroatoms. The number of rotatable bonds is 19. The minimum absolute atomic E-state index is 0. The van der Waals surface area contributed by atoms with Gasteiger partial charge < -0.3 is 21.3 Å². The van der Waals surface area contributed by atoms with Crippen LogP contribution in [-0.4, -0.2) is 52.4 Å². The van der Waals surface area contributed by atoms with Crippen molar-refractivity contribution in [3.8, 4) is 0 Å². The molecule has 0 aromatic heterocycles. The molecule has 26 heavy (non-hydrogen) atoms. The van der Waals surface area contributed by atoms with Gasteiger partial charge in [0.05, 0.1) is 0 Å². The van der Waals surface area contributed by atoms with Crippen molar-refractivity contribution in [1.29, 1.82) is 0 Å². The summed E-state index contributed by atoms with van der Waals surface area (Å²) in [5, 5.41) is 13.8. The van der Waals surface area contributed by atoms with E-state index in [1.54, 1.807) is 0 Å². The Morgan fingerprint density at radius 1 is 0.346 bits per heavy atom. The van der Waals surface area contributed by atoms with Crippen molar-refractivity contribution in [2.24, 2.45) is 0 Å². The molecular weight excluding hydrogens is 592 g/mol. The third kappa shape index (κ3) is 36.6. The van der Waals surface area contributed by atoms with Gasteiger partial charge in [0.25, 0.3) is 0 Å². The van der Waals surface area contributed by atoms with Crippen LogP contribution in [0.1, 0.15) is 65.2 Å². The quantitative estimate of drug-likeness (QED) is 0.154. The molecule has 0 heterocycles. The molecule has 166 valence electrons. The van der Waals surface area contributed by atoms with Crippen LogP contribution in [0.3, 0.4) is 0 Å². The molecule has 0 radical (unpaired) electrons. The first-order chi connectivity index (χ1) is 10.9. The van der Waals surface area contributed by atoms with Crippen LogP contribution in [0.4, 0.5) is 0 Å². The third-order valence-electron chi connectivity index (χ3n) is 3.87. The topological polar surface area (TPSA) is 48.1 Å².